The van der Waals surface area contributed by atoms with Gasteiger partial charge in [-0.05, 0) is 55.0 Å². The van der Waals surface area contributed by atoms with Crippen LogP contribution in [0.3, 0.4) is 0 Å². The third-order valence-electron chi connectivity index (χ3n) is 4.61. The quantitative estimate of drug-likeness (QED) is 0.390. The van der Waals surface area contributed by atoms with Crippen LogP contribution in [0, 0.1) is 18.6 Å². The molecule has 0 aliphatic heterocycles. The number of nitrogens with one attached hydrogen (secondary N) is 2. The van der Waals surface area contributed by atoms with Crippen LogP contribution in [0.5, 0.6) is 0 Å². The summed E-state index contributed by atoms with van der Waals surface area (Å²) < 4.78 is 28.0. The van der Waals surface area contributed by atoms with Crippen molar-refractivity contribution in [2.75, 3.05) is 5.32 Å². The zero-order valence-corrected chi connectivity index (χ0v) is 16.4. The van der Waals surface area contributed by atoms with E-state index in [9.17, 15) is 8.78 Å². The van der Waals surface area contributed by atoms with Gasteiger partial charge in [0.25, 0.3) is 0 Å². The second-order valence-corrected chi connectivity index (χ2v) is 7.18. The Kier molecular flexibility index (Phi) is 5.32. The van der Waals surface area contributed by atoms with Crippen molar-refractivity contribution in [3.05, 3.63) is 94.6 Å². The van der Waals surface area contributed by atoms with Crippen LogP contribution in [0.15, 0.2) is 66.7 Å². The van der Waals surface area contributed by atoms with Crippen LogP contribution in [0.1, 0.15) is 11.3 Å². The highest BCUT2D eigenvalue weighted by atomic mass is 35.5. The molecule has 6 heteroatoms. The average molecular weight is 410 g/mol. The smallest absolute Gasteiger partial charge is 0.141 e. The lowest BCUT2D eigenvalue weighted by molar-refractivity contribution is 0.625. The Hall–Kier alpha value is -3.18. The molecule has 1 heterocycles. The second kappa shape index (κ2) is 8.05. The topological polar surface area (TPSA) is 40.7 Å². The number of rotatable bonds is 5. The number of halogens is 3. The predicted octanol–water partition coefficient (Wildman–Crippen LogP) is 6.60. The van der Waals surface area contributed by atoms with Crippen molar-refractivity contribution in [1.82, 2.24) is 9.97 Å². The molecule has 4 rings (SSSR count). The summed E-state index contributed by atoms with van der Waals surface area (Å²) >= 11 is 5.95. The van der Waals surface area contributed by atoms with Crippen LogP contribution in [-0.2, 0) is 6.54 Å². The molecule has 3 nitrogen and oxygen atoms in total. The van der Waals surface area contributed by atoms with E-state index in [-0.39, 0.29) is 5.82 Å². The summed E-state index contributed by atoms with van der Waals surface area (Å²) in [7, 11) is 0. The molecule has 0 saturated carbocycles. The Morgan fingerprint density at radius 2 is 1.79 bits per heavy atom. The molecule has 1 aromatic heterocycles. The predicted molar refractivity (Wildman–Crippen MR) is 113 cm³/mol. The lowest BCUT2D eigenvalue weighted by atomic mass is 10.1. The van der Waals surface area contributed by atoms with Crippen molar-refractivity contribution in [2.45, 2.75) is 13.5 Å². The van der Waals surface area contributed by atoms with Crippen molar-refractivity contribution < 1.29 is 8.78 Å². The van der Waals surface area contributed by atoms with Gasteiger partial charge in [0.1, 0.15) is 17.5 Å². The van der Waals surface area contributed by atoms with Crippen LogP contribution < -0.4 is 5.32 Å². The molecule has 0 radical (unpaired) electrons. The number of nitrogens with zero attached hydrogens (tertiary/aromatic N) is 1. The first-order valence-electron chi connectivity index (χ1n) is 9.10. The van der Waals surface area contributed by atoms with E-state index in [1.165, 1.54) is 18.2 Å². The van der Waals surface area contributed by atoms with Crippen LogP contribution in [-0.4, -0.2) is 9.97 Å². The number of hydrogen-bond acceptors (Lipinski definition) is 2. The lowest BCUT2D eigenvalue weighted by Crippen LogP contribution is -2.00. The molecule has 0 aliphatic carbocycles. The van der Waals surface area contributed by atoms with Gasteiger partial charge >= 0.3 is 0 Å². The summed E-state index contributed by atoms with van der Waals surface area (Å²) in [5.74, 6) is -0.234. The van der Waals surface area contributed by atoms with E-state index in [2.05, 4.69) is 15.3 Å². The van der Waals surface area contributed by atoms with Gasteiger partial charge in [-0.25, -0.2) is 13.8 Å². The van der Waals surface area contributed by atoms with Gasteiger partial charge in [0, 0.05) is 28.5 Å². The van der Waals surface area contributed by atoms with E-state index in [1.54, 1.807) is 30.3 Å². The first-order valence-corrected chi connectivity index (χ1v) is 9.48. The zero-order valence-electron chi connectivity index (χ0n) is 15.6. The molecule has 0 bridgehead atoms. The molecule has 0 unspecified atom stereocenters. The number of aryl methyl sites for hydroxylation is 1. The first-order chi connectivity index (χ1) is 14.0. The largest absolute Gasteiger partial charge is 0.381 e. The van der Waals surface area contributed by atoms with Crippen LogP contribution in [0.25, 0.3) is 22.6 Å². The molecule has 0 atom stereocenters. The number of anilines is 1. The first kappa shape index (κ1) is 19.2. The van der Waals surface area contributed by atoms with Crippen molar-refractivity contribution in [3.63, 3.8) is 0 Å². The van der Waals surface area contributed by atoms with Crippen LogP contribution in [0.4, 0.5) is 14.5 Å². The Bertz CT molecular complexity index is 1150. The Morgan fingerprint density at radius 3 is 2.52 bits per heavy atom. The normalized spacial score (nSPS) is 10.9. The maximum Gasteiger partial charge on any atom is 0.141 e. The van der Waals surface area contributed by atoms with Gasteiger partial charge < -0.3 is 10.3 Å². The van der Waals surface area contributed by atoms with Crippen molar-refractivity contribution in [1.29, 1.82) is 0 Å². The average Bonchev–Trinajstić information content (AvgIpc) is 3.08. The summed E-state index contributed by atoms with van der Waals surface area (Å²) in [6.07, 6.45) is 0. The number of imidazole rings is 1. The maximum atomic E-state index is 14.7. The number of benzene rings is 3. The lowest BCUT2D eigenvalue weighted by Gasteiger charge is -2.08. The monoisotopic (exact) mass is 409 g/mol. The molecule has 29 heavy (non-hydrogen) atoms. The van der Waals surface area contributed by atoms with Crippen molar-refractivity contribution in [3.8, 4) is 22.6 Å². The van der Waals surface area contributed by atoms with Crippen LogP contribution in [0.2, 0.25) is 5.02 Å². The van der Waals surface area contributed by atoms with Crippen molar-refractivity contribution >= 4 is 17.3 Å². The molecule has 0 spiro atoms. The van der Waals surface area contributed by atoms with Gasteiger partial charge in [-0.1, -0.05) is 35.9 Å². The van der Waals surface area contributed by atoms with E-state index < -0.39 is 5.82 Å². The van der Waals surface area contributed by atoms with Crippen LogP contribution >= 0.6 is 11.6 Å². The van der Waals surface area contributed by atoms with E-state index >= 15 is 0 Å². The maximum absolute atomic E-state index is 14.7. The third kappa shape index (κ3) is 4.30. The molecule has 4 aromatic rings. The summed E-state index contributed by atoms with van der Waals surface area (Å²) in [5, 5.41) is 3.75. The molecule has 3 aromatic carbocycles. The number of hydrogen-bond donors (Lipinski definition) is 2. The SMILES string of the molecule is Cc1[nH]c(-c2ccc(NCc3cccc(F)c3)cc2F)nc1-c1ccc(Cl)cc1. The molecular weight excluding hydrogens is 392 g/mol. The van der Waals surface area contributed by atoms with Crippen molar-refractivity contribution in [2.24, 2.45) is 0 Å². The minimum atomic E-state index is -0.398. The van der Waals surface area contributed by atoms with Gasteiger partial charge in [0.2, 0.25) is 0 Å². The molecule has 0 fully saturated rings. The van der Waals surface area contributed by atoms with E-state index in [4.69, 9.17) is 11.6 Å². The van der Waals surface area contributed by atoms with Gasteiger partial charge in [0.05, 0.1) is 11.3 Å². The van der Waals surface area contributed by atoms with Gasteiger partial charge in [-0.3, -0.25) is 0 Å². The Morgan fingerprint density at radius 1 is 1.00 bits per heavy atom. The standard InChI is InChI=1S/C23H18ClF2N3/c1-14-22(16-5-7-17(24)8-6-16)29-23(28-14)20-10-9-19(12-21(20)26)27-13-15-3-2-4-18(25)11-15/h2-12,27H,13H2,1H3,(H,28,29). The van der Waals surface area contributed by atoms with Gasteiger partial charge in [-0.2, -0.15) is 0 Å². The zero-order chi connectivity index (χ0) is 20.4. The summed E-state index contributed by atoms with van der Waals surface area (Å²) in [5.41, 5.74) is 4.27. The molecule has 146 valence electrons. The van der Waals surface area contributed by atoms with Gasteiger partial charge in [-0.15, -0.1) is 0 Å². The van der Waals surface area contributed by atoms with E-state index in [1.807, 2.05) is 25.1 Å². The van der Waals surface area contributed by atoms with Gasteiger partial charge in [0.15, 0.2) is 0 Å². The third-order valence-corrected chi connectivity index (χ3v) is 4.86. The van der Waals surface area contributed by atoms with E-state index in [0.717, 1.165) is 22.5 Å². The highest BCUT2D eigenvalue weighted by Gasteiger charge is 2.14. The summed E-state index contributed by atoms with van der Waals surface area (Å²) in [6.45, 7) is 2.30. The highest BCUT2D eigenvalue weighted by molar-refractivity contribution is 6.30. The summed E-state index contributed by atoms with van der Waals surface area (Å²) in [6, 6.07) is 18.5. The Balaban J connectivity index is 1.55. The fourth-order valence-electron chi connectivity index (χ4n) is 3.14. The molecular formula is C23H18ClF2N3. The minimum absolute atomic E-state index is 0.296. The van der Waals surface area contributed by atoms with E-state index in [0.29, 0.717) is 28.6 Å². The highest BCUT2D eigenvalue weighted by Crippen LogP contribution is 2.29. The summed E-state index contributed by atoms with van der Waals surface area (Å²) in [4.78, 5) is 7.73. The fraction of sp³-hybridized carbons (Fsp3) is 0.0870. The number of H-pyrrole nitrogens is 1. The fourth-order valence-corrected chi connectivity index (χ4v) is 3.27. The second-order valence-electron chi connectivity index (χ2n) is 6.74. The number of aromatic nitrogens is 2. The molecule has 0 aliphatic rings. The minimum Gasteiger partial charge on any atom is -0.381 e. The number of aromatic amines is 1. The molecule has 0 saturated heterocycles. The Labute approximate surface area is 172 Å². The molecule has 2 N–H and O–H groups in total. The molecule has 0 amide bonds.